The first kappa shape index (κ1) is 22.4. The number of hydrogen-bond acceptors (Lipinski definition) is 5. The molecule has 0 spiro atoms. The molecule has 1 fully saturated rings. The van der Waals surface area contributed by atoms with Crippen molar-refractivity contribution >= 4 is 26.7 Å². The van der Waals surface area contributed by atoms with Gasteiger partial charge in [0.2, 0.25) is 0 Å². The summed E-state index contributed by atoms with van der Waals surface area (Å²) >= 11 is 0. The van der Waals surface area contributed by atoms with E-state index >= 15 is 4.39 Å². The van der Waals surface area contributed by atoms with Crippen LogP contribution in [0.5, 0.6) is 0 Å². The van der Waals surface area contributed by atoms with Crippen molar-refractivity contribution in [3.05, 3.63) is 57.5 Å². The normalized spacial score (nSPS) is 17.0. The molecule has 1 saturated heterocycles. The zero-order valence-corrected chi connectivity index (χ0v) is 19.6. The molecule has 2 aromatic heterocycles. The quantitative estimate of drug-likeness (QED) is 0.545. The molecule has 0 aliphatic carbocycles. The fraction of sp³-hybridized carbons (Fsp3) is 0.435. The van der Waals surface area contributed by atoms with E-state index in [0.717, 1.165) is 11.3 Å². The number of pyridine rings is 1. The van der Waals surface area contributed by atoms with Crippen LogP contribution in [0.15, 0.2) is 29.2 Å². The predicted octanol–water partition coefficient (Wildman–Crippen LogP) is 3.53. The van der Waals surface area contributed by atoms with Crippen molar-refractivity contribution in [2.75, 3.05) is 11.5 Å². The topological polar surface area (TPSA) is 91.0 Å². The third-order valence-electron chi connectivity index (χ3n) is 5.96. The number of rotatable bonds is 5. The summed E-state index contributed by atoms with van der Waals surface area (Å²) in [5.41, 5.74) is 1.77. The van der Waals surface area contributed by atoms with Gasteiger partial charge in [0.15, 0.2) is 15.6 Å². The zero-order valence-electron chi connectivity index (χ0n) is 18.8. The van der Waals surface area contributed by atoms with Gasteiger partial charge in [-0.05, 0) is 45.4 Å². The highest BCUT2D eigenvalue weighted by atomic mass is 32.2. The van der Waals surface area contributed by atoms with E-state index in [-0.39, 0.29) is 35.2 Å². The third kappa shape index (κ3) is 3.68. The lowest BCUT2D eigenvalue weighted by Crippen LogP contribution is -2.47. The second-order valence-corrected chi connectivity index (χ2v) is 11.5. The van der Waals surface area contributed by atoms with Crippen molar-refractivity contribution in [2.45, 2.75) is 47.1 Å². The smallest absolute Gasteiger partial charge is 0.294 e. The zero-order chi connectivity index (χ0) is 23.6. The van der Waals surface area contributed by atoms with Crippen molar-refractivity contribution in [3.63, 3.8) is 0 Å². The molecule has 7 nitrogen and oxygen atoms in total. The van der Waals surface area contributed by atoms with Gasteiger partial charge in [-0.1, -0.05) is 6.92 Å². The van der Waals surface area contributed by atoms with Gasteiger partial charge in [0.25, 0.3) is 0 Å². The summed E-state index contributed by atoms with van der Waals surface area (Å²) in [6.45, 7) is 9.06. The second kappa shape index (κ2) is 7.37. The minimum atomic E-state index is -3.12. The van der Waals surface area contributed by atoms with Gasteiger partial charge < -0.3 is 0 Å². The number of carbonyl (C=O) groups is 1. The summed E-state index contributed by atoms with van der Waals surface area (Å²) < 4.78 is 41.3. The largest absolute Gasteiger partial charge is 0.333 e. The molecule has 0 radical (unpaired) electrons. The maximum Gasteiger partial charge on any atom is 0.333 e. The molecule has 3 heterocycles. The van der Waals surface area contributed by atoms with Crippen LogP contribution in [0.4, 0.5) is 4.39 Å². The molecule has 4 rings (SSSR count). The molecule has 1 aliphatic rings. The summed E-state index contributed by atoms with van der Waals surface area (Å²) in [5, 5.41) is 0. The van der Waals surface area contributed by atoms with Crippen LogP contribution in [-0.2, 0) is 9.84 Å². The molecule has 170 valence electrons. The van der Waals surface area contributed by atoms with Crippen molar-refractivity contribution in [1.82, 2.24) is 14.1 Å². The number of hydrogen-bond donors (Lipinski definition) is 0. The molecule has 9 heteroatoms. The summed E-state index contributed by atoms with van der Waals surface area (Å²) in [5.74, 6) is -1.35. The van der Waals surface area contributed by atoms with Crippen LogP contribution in [0.1, 0.15) is 54.8 Å². The maximum absolute atomic E-state index is 15.2. The molecule has 0 N–H and O–H groups in total. The number of Topliss-reactive ketones (excluding diaryl/α,β-unsaturated/α-hetero) is 1. The highest BCUT2D eigenvalue weighted by Gasteiger charge is 2.46. The molecule has 0 unspecified atom stereocenters. The van der Waals surface area contributed by atoms with Crippen molar-refractivity contribution in [3.8, 4) is 5.69 Å². The molecule has 1 aromatic carbocycles. The van der Waals surface area contributed by atoms with Gasteiger partial charge in [0.05, 0.1) is 33.8 Å². The van der Waals surface area contributed by atoms with Crippen LogP contribution < -0.4 is 5.69 Å². The third-order valence-corrected chi connectivity index (χ3v) is 8.23. The Bertz CT molecular complexity index is 1420. The second-order valence-electron chi connectivity index (χ2n) is 9.46. The van der Waals surface area contributed by atoms with Crippen molar-refractivity contribution in [2.24, 2.45) is 5.41 Å². The number of carbonyl (C=O) groups excluding carboxylic acids is 1. The molecule has 0 atom stereocenters. The monoisotopic (exact) mass is 459 g/mol. The fourth-order valence-electron chi connectivity index (χ4n) is 4.64. The van der Waals surface area contributed by atoms with Crippen LogP contribution in [0.3, 0.4) is 0 Å². The Balaban J connectivity index is 1.89. The molecule has 0 bridgehead atoms. The molecular weight excluding hydrogens is 433 g/mol. The molecule has 3 aromatic rings. The standard InChI is InChI=1S/C23H26FN3O4S/c1-13(2)26-19-7-16(21(28)9-23(5)11-32(30,31)12-23)17(24)8-20(19)27(22(26)29)18-6-15(4)25-10-14(18)3/h6-8,10,13H,9,11-12H2,1-5H3. The summed E-state index contributed by atoms with van der Waals surface area (Å²) in [6.07, 6.45) is 1.60. The molecule has 1 aliphatic heterocycles. The predicted molar refractivity (Wildman–Crippen MR) is 121 cm³/mol. The summed E-state index contributed by atoms with van der Waals surface area (Å²) in [7, 11) is -3.12. The fourth-order valence-corrected chi connectivity index (χ4v) is 6.89. The highest BCUT2D eigenvalue weighted by Crippen LogP contribution is 2.37. The van der Waals surface area contributed by atoms with Gasteiger partial charge in [-0.3, -0.25) is 18.9 Å². The van der Waals surface area contributed by atoms with E-state index in [9.17, 15) is 18.0 Å². The Kier molecular flexibility index (Phi) is 5.15. The lowest BCUT2D eigenvalue weighted by atomic mass is 9.86. The minimum absolute atomic E-state index is 0.0655. The number of halogens is 1. The van der Waals surface area contributed by atoms with Crippen LogP contribution >= 0.6 is 0 Å². The van der Waals surface area contributed by atoms with Gasteiger partial charge in [0.1, 0.15) is 5.82 Å². The minimum Gasteiger partial charge on any atom is -0.294 e. The van der Waals surface area contributed by atoms with E-state index in [2.05, 4.69) is 4.98 Å². The van der Waals surface area contributed by atoms with Crippen LogP contribution in [0.25, 0.3) is 16.7 Å². The van der Waals surface area contributed by atoms with E-state index in [0.29, 0.717) is 16.7 Å². The lowest BCUT2D eigenvalue weighted by molar-refractivity contribution is 0.0932. The SMILES string of the molecule is Cc1cc(-n2c(=O)n(C(C)C)c3cc(C(=O)CC4(C)CS(=O)(=O)C4)c(F)cc32)c(C)cn1. The Morgan fingerprint density at radius 2 is 1.84 bits per heavy atom. The number of nitrogens with zero attached hydrogens (tertiary/aromatic N) is 3. The van der Waals surface area contributed by atoms with Gasteiger partial charge >= 0.3 is 5.69 Å². The van der Waals surface area contributed by atoms with E-state index in [1.807, 2.05) is 27.7 Å². The first-order valence-electron chi connectivity index (χ1n) is 10.5. The van der Waals surface area contributed by atoms with E-state index in [1.165, 1.54) is 21.3 Å². The van der Waals surface area contributed by atoms with Crippen molar-refractivity contribution in [1.29, 1.82) is 0 Å². The number of benzene rings is 1. The average molecular weight is 460 g/mol. The van der Waals surface area contributed by atoms with Gasteiger partial charge in [-0.25, -0.2) is 17.6 Å². The van der Waals surface area contributed by atoms with Crippen LogP contribution in [0, 0.1) is 25.1 Å². The molecule has 0 amide bonds. The lowest BCUT2D eigenvalue weighted by Gasteiger charge is -2.37. The van der Waals surface area contributed by atoms with Gasteiger partial charge in [-0.15, -0.1) is 0 Å². The molecular formula is C23H26FN3O4S. The Labute approximate surface area is 185 Å². The number of fused-ring (bicyclic) bond motifs is 1. The highest BCUT2D eigenvalue weighted by molar-refractivity contribution is 7.92. The number of aromatic nitrogens is 3. The number of ketones is 1. The summed E-state index contributed by atoms with van der Waals surface area (Å²) in [4.78, 5) is 30.6. The van der Waals surface area contributed by atoms with Crippen LogP contribution in [0.2, 0.25) is 0 Å². The first-order valence-corrected chi connectivity index (χ1v) is 12.3. The van der Waals surface area contributed by atoms with E-state index in [4.69, 9.17) is 0 Å². The number of imidazole rings is 1. The number of sulfone groups is 1. The Hall–Kier alpha value is -2.81. The average Bonchev–Trinajstić information content (AvgIpc) is 2.91. The Morgan fingerprint density at radius 3 is 2.44 bits per heavy atom. The van der Waals surface area contributed by atoms with Crippen molar-refractivity contribution < 1.29 is 17.6 Å². The number of aryl methyl sites for hydroxylation is 2. The van der Waals surface area contributed by atoms with E-state index < -0.39 is 26.9 Å². The van der Waals surface area contributed by atoms with Gasteiger partial charge in [-0.2, -0.15) is 0 Å². The van der Waals surface area contributed by atoms with E-state index in [1.54, 1.807) is 19.2 Å². The van der Waals surface area contributed by atoms with Gasteiger partial charge in [0, 0.05) is 35.8 Å². The first-order chi connectivity index (χ1) is 14.8. The summed E-state index contributed by atoms with van der Waals surface area (Å²) in [6, 6.07) is 4.19. The Morgan fingerprint density at radius 1 is 1.19 bits per heavy atom. The molecule has 32 heavy (non-hydrogen) atoms. The molecule has 0 saturated carbocycles. The van der Waals surface area contributed by atoms with Crippen LogP contribution in [-0.4, -0.2) is 39.8 Å². The maximum atomic E-state index is 15.2.